The Morgan fingerprint density at radius 3 is 2.54 bits per heavy atom. The molecule has 1 aliphatic rings. The number of para-hydroxylation sites is 1. The molecule has 1 aliphatic carbocycles. The fraction of sp³-hybridized carbons (Fsp3) is 0.632. The summed E-state index contributed by atoms with van der Waals surface area (Å²) in [4.78, 5) is 4.41. The third kappa shape index (κ3) is 8.32. The lowest BCUT2D eigenvalue weighted by molar-refractivity contribution is -0.132. The number of methoxy groups -OCH3 is 1. The topological polar surface area (TPSA) is 54.9 Å². The molecule has 160 valence electrons. The number of ether oxygens (including phenoxy) is 2. The Kier molecular flexibility index (Phi) is 10.8. The van der Waals surface area contributed by atoms with Gasteiger partial charge in [-0.15, -0.1) is 24.0 Å². The summed E-state index contributed by atoms with van der Waals surface area (Å²) in [5.41, 5.74) is 0.842. The Morgan fingerprint density at radius 1 is 1.21 bits per heavy atom. The zero-order valence-corrected chi connectivity index (χ0v) is 18.6. The number of nitrogens with zero attached hydrogens (tertiary/aromatic N) is 1. The molecule has 2 N–H and O–H groups in total. The highest BCUT2D eigenvalue weighted by atomic mass is 127. The predicted octanol–water partition coefficient (Wildman–Crippen LogP) is 4.64. The lowest BCUT2D eigenvalue weighted by Gasteiger charge is -2.19. The van der Waals surface area contributed by atoms with Gasteiger partial charge in [0.05, 0.1) is 26.2 Å². The minimum atomic E-state index is -4.20. The van der Waals surface area contributed by atoms with E-state index in [2.05, 4.69) is 15.6 Å². The number of halogens is 4. The van der Waals surface area contributed by atoms with Crippen molar-refractivity contribution in [2.75, 3.05) is 20.2 Å². The van der Waals surface area contributed by atoms with Crippen LogP contribution >= 0.6 is 24.0 Å². The summed E-state index contributed by atoms with van der Waals surface area (Å²) in [6, 6.07) is 5.59. The standard InChI is InChI=1S/C19H28F3N3O2.HI/c1-3-23-18(24-12-11-19(20,21)22)25-13-14-7-6-10-16(26-2)17(14)27-15-8-4-5-9-15;/h6-7,10,15H,3-5,8-9,11-13H2,1-2H3,(H2,23,24,25);1H. The molecule has 28 heavy (non-hydrogen) atoms. The normalized spacial score (nSPS) is 15.1. The monoisotopic (exact) mass is 515 g/mol. The first-order chi connectivity index (χ1) is 12.9. The van der Waals surface area contributed by atoms with Crippen molar-refractivity contribution in [3.8, 4) is 11.5 Å². The van der Waals surface area contributed by atoms with Crippen LogP contribution in [0, 0.1) is 0 Å². The van der Waals surface area contributed by atoms with Gasteiger partial charge in [-0.25, -0.2) is 4.99 Å². The number of rotatable bonds is 8. The zero-order chi connectivity index (χ0) is 19.7. The molecule has 0 heterocycles. The van der Waals surface area contributed by atoms with Crippen LogP contribution in [0.25, 0.3) is 0 Å². The Bertz CT molecular complexity index is 621. The number of guanidine groups is 1. The van der Waals surface area contributed by atoms with E-state index in [9.17, 15) is 13.2 Å². The van der Waals surface area contributed by atoms with Gasteiger partial charge in [-0.1, -0.05) is 12.1 Å². The number of alkyl halides is 3. The fourth-order valence-electron chi connectivity index (χ4n) is 2.98. The molecular weight excluding hydrogens is 486 g/mol. The number of benzene rings is 1. The molecule has 0 radical (unpaired) electrons. The summed E-state index contributed by atoms with van der Waals surface area (Å²) in [5, 5.41) is 5.68. The Balaban J connectivity index is 0.00000392. The van der Waals surface area contributed by atoms with E-state index < -0.39 is 12.6 Å². The average Bonchev–Trinajstić information content (AvgIpc) is 3.12. The van der Waals surface area contributed by atoms with Crippen LogP contribution in [0.1, 0.15) is 44.6 Å². The van der Waals surface area contributed by atoms with Crippen molar-refractivity contribution in [3.05, 3.63) is 23.8 Å². The van der Waals surface area contributed by atoms with Crippen molar-refractivity contribution >= 4 is 29.9 Å². The van der Waals surface area contributed by atoms with Crippen molar-refractivity contribution in [1.82, 2.24) is 10.6 Å². The molecule has 0 aliphatic heterocycles. The van der Waals surface area contributed by atoms with Crippen LogP contribution < -0.4 is 20.1 Å². The first kappa shape index (κ1) is 24.6. The summed E-state index contributed by atoms with van der Waals surface area (Å²) in [5.74, 6) is 1.66. The molecule has 2 rings (SSSR count). The number of aliphatic imine (C=N–C) groups is 1. The number of nitrogens with one attached hydrogen (secondary N) is 2. The van der Waals surface area contributed by atoms with Crippen LogP contribution in [0.3, 0.4) is 0 Å². The molecule has 5 nitrogen and oxygen atoms in total. The largest absolute Gasteiger partial charge is 0.493 e. The average molecular weight is 515 g/mol. The molecule has 0 bridgehead atoms. The van der Waals surface area contributed by atoms with Crippen molar-refractivity contribution in [3.63, 3.8) is 0 Å². The third-order valence-electron chi connectivity index (χ3n) is 4.32. The van der Waals surface area contributed by atoms with Gasteiger partial charge in [0, 0.05) is 18.7 Å². The van der Waals surface area contributed by atoms with Crippen molar-refractivity contribution in [2.24, 2.45) is 4.99 Å². The molecule has 1 fully saturated rings. The SMILES string of the molecule is CCNC(=NCc1cccc(OC)c1OC1CCCC1)NCCC(F)(F)F.I. The molecule has 0 unspecified atom stereocenters. The van der Waals surface area contributed by atoms with E-state index in [1.165, 1.54) is 0 Å². The minimum Gasteiger partial charge on any atom is -0.493 e. The summed E-state index contributed by atoms with van der Waals surface area (Å²) < 4.78 is 48.6. The van der Waals surface area contributed by atoms with Crippen LogP contribution in [0.15, 0.2) is 23.2 Å². The van der Waals surface area contributed by atoms with Gasteiger partial charge in [0.25, 0.3) is 0 Å². The van der Waals surface area contributed by atoms with Crippen LogP contribution in [0.4, 0.5) is 13.2 Å². The van der Waals surface area contributed by atoms with E-state index in [1.807, 2.05) is 25.1 Å². The molecule has 0 amide bonds. The van der Waals surface area contributed by atoms with E-state index in [-0.39, 0.29) is 43.2 Å². The Hall–Kier alpha value is -1.39. The highest BCUT2D eigenvalue weighted by Crippen LogP contribution is 2.35. The third-order valence-corrected chi connectivity index (χ3v) is 4.32. The molecule has 9 heteroatoms. The molecule has 0 aromatic heterocycles. The Labute approximate surface area is 181 Å². The van der Waals surface area contributed by atoms with Crippen LogP contribution in [-0.2, 0) is 6.54 Å². The molecular formula is C19H29F3IN3O2. The van der Waals surface area contributed by atoms with Gasteiger partial charge >= 0.3 is 6.18 Å². The summed E-state index contributed by atoms with van der Waals surface area (Å²) in [7, 11) is 1.59. The van der Waals surface area contributed by atoms with Gasteiger partial charge in [0.2, 0.25) is 0 Å². The van der Waals surface area contributed by atoms with E-state index >= 15 is 0 Å². The quantitative estimate of drug-likeness (QED) is 0.301. The van der Waals surface area contributed by atoms with Gasteiger partial charge in [-0.05, 0) is 38.7 Å². The summed E-state index contributed by atoms with van der Waals surface area (Å²) in [6.07, 6.45) is -0.596. The lowest BCUT2D eigenvalue weighted by atomic mass is 10.1. The van der Waals surface area contributed by atoms with Gasteiger partial charge in [-0.3, -0.25) is 0 Å². The molecule has 1 aromatic carbocycles. The first-order valence-electron chi connectivity index (χ1n) is 9.34. The highest BCUT2D eigenvalue weighted by molar-refractivity contribution is 14.0. The molecule has 1 aromatic rings. The predicted molar refractivity (Wildman–Crippen MR) is 115 cm³/mol. The second-order valence-electron chi connectivity index (χ2n) is 6.46. The molecule has 0 spiro atoms. The first-order valence-corrected chi connectivity index (χ1v) is 9.34. The summed E-state index contributed by atoms with van der Waals surface area (Å²) >= 11 is 0. The van der Waals surface area contributed by atoms with E-state index in [4.69, 9.17) is 9.47 Å². The minimum absolute atomic E-state index is 0. The molecule has 0 atom stereocenters. The molecule has 0 saturated heterocycles. The van der Waals surface area contributed by atoms with E-state index in [0.29, 0.717) is 24.0 Å². The van der Waals surface area contributed by atoms with Crippen LogP contribution in [-0.4, -0.2) is 38.4 Å². The second-order valence-corrected chi connectivity index (χ2v) is 6.46. The van der Waals surface area contributed by atoms with Gasteiger partial charge in [0.15, 0.2) is 17.5 Å². The Morgan fingerprint density at radius 2 is 1.93 bits per heavy atom. The van der Waals surface area contributed by atoms with Crippen molar-refractivity contribution in [1.29, 1.82) is 0 Å². The van der Waals surface area contributed by atoms with Gasteiger partial charge in [-0.2, -0.15) is 13.2 Å². The second kappa shape index (κ2) is 12.2. The maximum atomic E-state index is 12.3. The van der Waals surface area contributed by atoms with E-state index in [0.717, 1.165) is 31.2 Å². The molecule has 1 saturated carbocycles. The van der Waals surface area contributed by atoms with Crippen molar-refractivity contribution in [2.45, 2.75) is 57.9 Å². The number of hydrogen-bond donors (Lipinski definition) is 2. The fourth-order valence-corrected chi connectivity index (χ4v) is 2.98. The smallest absolute Gasteiger partial charge is 0.390 e. The van der Waals surface area contributed by atoms with E-state index in [1.54, 1.807) is 7.11 Å². The van der Waals surface area contributed by atoms with Gasteiger partial charge < -0.3 is 20.1 Å². The van der Waals surface area contributed by atoms with Crippen molar-refractivity contribution < 1.29 is 22.6 Å². The lowest BCUT2D eigenvalue weighted by Crippen LogP contribution is -2.38. The number of hydrogen-bond acceptors (Lipinski definition) is 3. The zero-order valence-electron chi connectivity index (χ0n) is 16.3. The maximum Gasteiger partial charge on any atom is 0.390 e. The highest BCUT2D eigenvalue weighted by Gasteiger charge is 2.26. The maximum absolute atomic E-state index is 12.3. The van der Waals surface area contributed by atoms with Gasteiger partial charge in [0.1, 0.15) is 0 Å². The summed E-state index contributed by atoms with van der Waals surface area (Å²) in [6.45, 7) is 2.47. The van der Waals surface area contributed by atoms with Crippen LogP contribution in [0.5, 0.6) is 11.5 Å². The van der Waals surface area contributed by atoms with Crippen LogP contribution in [0.2, 0.25) is 0 Å².